The zero-order valence-corrected chi connectivity index (χ0v) is 14.1. The topological polar surface area (TPSA) is 67.9 Å². The number of nitrogens with zero attached hydrogens (tertiary/aromatic N) is 1. The van der Waals surface area contributed by atoms with Gasteiger partial charge in [0.25, 0.3) is 5.91 Å². The van der Waals surface area contributed by atoms with Crippen LogP contribution in [-0.4, -0.2) is 49.2 Å². The number of hydrogen-bond donors (Lipinski definition) is 1. The molecule has 24 heavy (non-hydrogen) atoms. The molecule has 0 aliphatic carbocycles. The lowest BCUT2D eigenvalue weighted by Crippen LogP contribution is -2.47. The van der Waals surface area contributed by atoms with E-state index in [1.807, 2.05) is 0 Å². The van der Waals surface area contributed by atoms with Gasteiger partial charge in [0.15, 0.2) is 6.61 Å². The summed E-state index contributed by atoms with van der Waals surface area (Å²) in [6.07, 6.45) is 0.987. The molecule has 0 saturated carbocycles. The predicted molar refractivity (Wildman–Crippen MR) is 86.7 cm³/mol. The molecule has 0 atom stereocenters. The predicted octanol–water partition coefficient (Wildman–Crippen LogP) is 2.60. The Hall–Kier alpha value is -2.02. The number of ether oxygens (including phenoxy) is 2. The number of hydrogen-bond acceptors (Lipinski definition) is 4. The summed E-state index contributed by atoms with van der Waals surface area (Å²) in [6.45, 7) is 2.98. The number of carbonyl (C=O) groups excluding carboxylic acids is 2. The lowest BCUT2D eigenvalue weighted by molar-refractivity contribution is -0.124. The molecule has 0 spiro atoms. The number of carbonyl (C=O) groups is 2. The zero-order valence-electron chi connectivity index (χ0n) is 13.4. The molecule has 1 fully saturated rings. The smallest absolute Gasteiger partial charge is 0.409 e. The highest BCUT2D eigenvalue weighted by Crippen LogP contribution is 2.24. The van der Waals surface area contributed by atoms with Gasteiger partial charge in [-0.3, -0.25) is 4.79 Å². The zero-order chi connectivity index (χ0) is 17.5. The summed E-state index contributed by atoms with van der Waals surface area (Å²) in [6, 6.07) is 3.70. The van der Waals surface area contributed by atoms with E-state index in [0.29, 0.717) is 32.5 Å². The fourth-order valence-electron chi connectivity index (χ4n) is 2.43. The van der Waals surface area contributed by atoms with Crippen LogP contribution in [0.15, 0.2) is 18.2 Å². The molecule has 1 aliphatic rings. The normalized spacial score (nSPS) is 15.0. The van der Waals surface area contributed by atoms with Crippen LogP contribution in [0.2, 0.25) is 5.02 Å². The van der Waals surface area contributed by atoms with Gasteiger partial charge < -0.3 is 19.7 Å². The van der Waals surface area contributed by atoms with Crippen LogP contribution in [0.3, 0.4) is 0 Å². The number of amides is 2. The van der Waals surface area contributed by atoms with Crippen molar-refractivity contribution in [2.75, 3.05) is 26.3 Å². The van der Waals surface area contributed by atoms with E-state index in [1.54, 1.807) is 11.8 Å². The third-order valence-electron chi connectivity index (χ3n) is 3.64. The van der Waals surface area contributed by atoms with Crippen LogP contribution in [0.5, 0.6) is 5.75 Å². The van der Waals surface area contributed by atoms with Gasteiger partial charge in [-0.05, 0) is 38.0 Å². The van der Waals surface area contributed by atoms with Gasteiger partial charge in [-0.25, -0.2) is 9.18 Å². The summed E-state index contributed by atoms with van der Waals surface area (Å²) in [5.41, 5.74) is 0. The van der Waals surface area contributed by atoms with Crippen molar-refractivity contribution in [2.24, 2.45) is 0 Å². The van der Waals surface area contributed by atoms with Crippen molar-refractivity contribution < 1.29 is 23.5 Å². The highest BCUT2D eigenvalue weighted by molar-refractivity contribution is 6.32. The quantitative estimate of drug-likeness (QED) is 0.878. The number of halogens is 2. The number of benzene rings is 1. The number of rotatable bonds is 5. The molecule has 0 unspecified atom stereocenters. The summed E-state index contributed by atoms with van der Waals surface area (Å²) < 4.78 is 23.2. The maximum absolute atomic E-state index is 12.9. The lowest BCUT2D eigenvalue weighted by atomic mass is 10.1. The van der Waals surface area contributed by atoms with Crippen molar-refractivity contribution in [3.8, 4) is 5.75 Å². The Balaban J connectivity index is 1.73. The monoisotopic (exact) mass is 358 g/mol. The van der Waals surface area contributed by atoms with E-state index >= 15 is 0 Å². The van der Waals surface area contributed by atoms with Crippen LogP contribution >= 0.6 is 11.6 Å². The van der Waals surface area contributed by atoms with E-state index in [0.717, 1.165) is 6.07 Å². The van der Waals surface area contributed by atoms with Gasteiger partial charge in [0.05, 0.1) is 11.6 Å². The van der Waals surface area contributed by atoms with Crippen LogP contribution in [0.4, 0.5) is 9.18 Å². The highest BCUT2D eigenvalue weighted by Gasteiger charge is 2.24. The Labute approximate surface area is 144 Å². The van der Waals surface area contributed by atoms with E-state index in [4.69, 9.17) is 21.1 Å². The van der Waals surface area contributed by atoms with E-state index in [2.05, 4.69) is 5.32 Å². The number of piperidine rings is 1. The molecule has 0 radical (unpaired) electrons. The summed E-state index contributed by atoms with van der Waals surface area (Å²) in [5, 5.41) is 2.97. The molecule has 1 aliphatic heterocycles. The Morgan fingerprint density at radius 1 is 1.38 bits per heavy atom. The second-order valence-electron chi connectivity index (χ2n) is 5.39. The molecular weight excluding hydrogens is 339 g/mol. The van der Waals surface area contributed by atoms with Gasteiger partial charge in [-0.2, -0.15) is 0 Å². The van der Waals surface area contributed by atoms with E-state index < -0.39 is 5.82 Å². The fraction of sp³-hybridized carbons (Fsp3) is 0.500. The van der Waals surface area contributed by atoms with Gasteiger partial charge in [0.1, 0.15) is 11.6 Å². The van der Waals surface area contributed by atoms with Crippen molar-refractivity contribution in [3.63, 3.8) is 0 Å². The SMILES string of the molecule is CCOC(=O)N1CCC(NC(=O)COc2ccc(F)cc2Cl)CC1. The minimum absolute atomic E-state index is 0.0181. The van der Waals surface area contributed by atoms with Crippen molar-refractivity contribution in [3.05, 3.63) is 29.0 Å². The molecule has 2 rings (SSSR count). The summed E-state index contributed by atoms with van der Waals surface area (Å²) in [4.78, 5) is 25.1. The van der Waals surface area contributed by atoms with Crippen molar-refractivity contribution in [2.45, 2.75) is 25.8 Å². The lowest BCUT2D eigenvalue weighted by Gasteiger charge is -2.31. The van der Waals surface area contributed by atoms with Crippen LogP contribution in [0, 0.1) is 5.82 Å². The first-order valence-corrected chi connectivity index (χ1v) is 8.16. The molecule has 1 saturated heterocycles. The van der Waals surface area contributed by atoms with E-state index in [9.17, 15) is 14.0 Å². The molecule has 6 nitrogen and oxygen atoms in total. The van der Waals surface area contributed by atoms with Gasteiger partial charge in [-0.15, -0.1) is 0 Å². The maximum Gasteiger partial charge on any atom is 0.409 e. The summed E-state index contributed by atoms with van der Waals surface area (Å²) >= 11 is 5.83. The molecule has 1 aromatic rings. The third-order valence-corrected chi connectivity index (χ3v) is 3.93. The van der Waals surface area contributed by atoms with E-state index in [-0.39, 0.29) is 35.4 Å². The maximum atomic E-state index is 12.9. The van der Waals surface area contributed by atoms with Crippen molar-refractivity contribution in [1.29, 1.82) is 0 Å². The first-order valence-electron chi connectivity index (χ1n) is 7.78. The van der Waals surface area contributed by atoms with Crippen LogP contribution in [-0.2, 0) is 9.53 Å². The van der Waals surface area contributed by atoms with Crippen molar-refractivity contribution in [1.82, 2.24) is 10.2 Å². The molecule has 0 bridgehead atoms. The number of likely N-dealkylation sites (tertiary alicyclic amines) is 1. The molecule has 1 N–H and O–H groups in total. The van der Waals surface area contributed by atoms with Crippen molar-refractivity contribution >= 4 is 23.6 Å². The second-order valence-corrected chi connectivity index (χ2v) is 5.80. The molecular formula is C16H20ClFN2O4. The Morgan fingerprint density at radius 3 is 2.71 bits per heavy atom. The average Bonchev–Trinajstić information content (AvgIpc) is 2.55. The second kappa shape index (κ2) is 8.73. The largest absolute Gasteiger partial charge is 0.482 e. The van der Waals surface area contributed by atoms with Crippen LogP contribution in [0.25, 0.3) is 0 Å². The van der Waals surface area contributed by atoms with Gasteiger partial charge in [0.2, 0.25) is 0 Å². The van der Waals surface area contributed by atoms with Gasteiger partial charge in [-0.1, -0.05) is 11.6 Å². The van der Waals surface area contributed by atoms with Crippen LogP contribution in [0.1, 0.15) is 19.8 Å². The fourth-order valence-corrected chi connectivity index (χ4v) is 2.65. The van der Waals surface area contributed by atoms with E-state index in [1.165, 1.54) is 12.1 Å². The molecule has 1 heterocycles. The van der Waals surface area contributed by atoms with Crippen LogP contribution < -0.4 is 10.1 Å². The number of nitrogens with one attached hydrogen (secondary N) is 1. The molecule has 2 amide bonds. The average molecular weight is 359 g/mol. The first kappa shape index (κ1) is 18.3. The minimum atomic E-state index is -0.467. The first-order chi connectivity index (χ1) is 11.5. The Kier molecular flexibility index (Phi) is 6.66. The Morgan fingerprint density at radius 2 is 2.08 bits per heavy atom. The minimum Gasteiger partial charge on any atom is -0.482 e. The van der Waals surface area contributed by atoms with Gasteiger partial charge in [0, 0.05) is 19.1 Å². The Bertz CT molecular complexity index is 591. The molecule has 132 valence electrons. The summed E-state index contributed by atoms with van der Waals surface area (Å²) in [5.74, 6) is -0.500. The molecule has 8 heteroatoms. The van der Waals surface area contributed by atoms with Gasteiger partial charge >= 0.3 is 6.09 Å². The molecule has 0 aromatic heterocycles. The highest BCUT2D eigenvalue weighted by atomic mass is 35.5. The standard InChI is InChI=1S/C16H20ClFN2O4/c1-2-23-16(22)20-7-5-12(6-8-20)19-15(21)10-24-14-4-3-11(18)9-13(14)17/h3-4,9,12H,2,5-8,10H2,1H3,(H,19,21). The summed E-state index contributed by atoms with van der Waals surface area (Å²) in [7, 11) is 0. The molecule has 1 aromatic carbocycles. The third kappa shape index (κ3) is 5.26.